The normalized spacial score (nSPS) is 23.6. The molecular weight excluding hydrogens is 214 g/mol. The van der Waals surface area contributed by atoms with E-state index in [4.69, 9.17) is 15.9 Å². The van der Waals surface area contributed by atoms with Crippen LogP contribution >= 0.6 is 0 Å². The number of hydrogen-bond donors (Lipinski definition) is 2. The summed E-state index contributed by atoms with van der Waals surface area (Å²) in [5.74, 6) is 0.110. The molecule has 4 heteroatoms. The van der Waals surface area contributed by atoms with Crippen molar-refractivity contribution in [1.82, 2.24) is 0 Å². The molecule has 1 aromatic rings. The maximum absolute atomic E-state index is 7.61. The Kier molecular flexibility index (Phi) is 3.33. The van der Waals surface area contributed by atoms with E-state index >= 15 is 0 Å². The molecule has 1 saturated heterocycles. The van der Waals surface area contributed by atoms with Gasteiger partial charge in [-0.15, -0.1) is 0 Å². The Morgan fingerprint density at radius 1 is 1.47 bits per heavy atom. The molecule has 1 aliphatic heterocycles. The summed E-state index contributed by atoms with van der Waals surface area (Å²) in [5.41, 5.74) is 7.40. The van der Waals surface area contributed by atoms with E-state index in [0.717, 1.165) is 24.3 Å². The van der Waals surface area contributed by atoms with Crippen LogP contribution in [0.2, 0.25) is 0 Å². The monoisotopic (exact) mass is 233 g/mol. The molecule has 1 heterocycles. The van der Waals surface area contributed by atoms with Gasteiger partial charge in [-0.25, -0.2) is 0 Å². The molecule has 2 atom stereocenters. The Hall–Kier alpha value is -1.55. The van der Waals surface area contributed by atoms with Crippen LogP contribution in [0.15, 0.2) is 24.3 Å². The van der Waals surface area contributed by atoms with E-state index in [1.54, 1.807) is 0 Å². The lowest BCUT2D eigenvalue weighted by molar-refractivity contribution is 0.118. The lowest BCUT2D eigenvalue weighted by Crippen LogP contribution is -2.37. The fraction of sp³-hybridized carbons (Fsp3) is 0.462. The fourth-order valence-corrected chi connectivity index (χ4v) is 2.42. The van der Waals surface area contributed by atoms with Crippen molar-refractivity contribution in [3.63, 3.8) is 0 Å². The highest BCUT2D eigenvalue weighted by Gasteiger charge is 2.29. The lowest BCUT2D eigenvalue weighted by Gasteiger charge is -2.30. The van der Waals surface area contributed by atoms with Crippen LogP contribution in [0.1, 0.15) is 18.9 Å². The minimum absolute atomic E-state index is 0.110. The smallest absolute Gasteiger partial charge is 0.124 e. The van der Waals surface area contributed by atoms with Gasteiger partial charge in [0.25, 0.3) is 0 Å². The van der Waals surface area contributed by atoms with Gasteiger partial charge in [-0.05, 0) is 25.5 Å². The summed E-state index contributed by atoms with van der Waals surface area (Å²) in [6, 6.07) is 8.12. The number of hydrogen-bond acceptors (Lipinski definition) is 3. The van der Waals surface area contributed by atoms with Gasteiger partial charge in [-0.3, -0.25) is 5.41 Å². The molecule has 0 amide bonds. The van der Waals surface area contributed by atoms with E-state index in [0.29, 0.717) is 6.04 Å². The first-order valence-electron chi connectivity index (χ1n) is 5.89. The number of amidine groups is 1. The molecule has 0 aromatic heterocycles. The van der Waals surface area contributed by atoms with E-state index in [2.05, 4.69) is 11.8 Å². The second kappa shape index (κ2) is 4.75. The molecule has 92 valence electrons. The van der Waals surface area contributed by atoms with Gasteiger partial charge < -0.3 is 15.4 Å². The Bertz CT molecular complexity index is 419. The standard InChI is InChI=1S/C13H19N3O/c1-9-11(7-8-17-9)16(2)12-6-4-3-5-10(12)13(14)15/h3-6,9,11H,7-8H2,1-2H3,(H3,14,15). The van der Waals surface area contributed by atoms with Crippen LogP contribution in [0.5, 0.6) is 0 Å². The zero-order valence-electron chi connectivity index (χ0n) is 10.3. The minimum Gasteiger partial charge on any atom is -0.384 e. The van der Waals surface area contributed by atoms with Crippen LogP contribution in [0.3, 0.4) is 0 Å². The molecule has 0 spiro atoms. The molecule has 0 aliphatic carbocycles. The predicted octanol–water partition coefficient (Wildman–Crippen LogP) is 1.58. The summed E-state index contributed by atoms with van der Waals surface area (Å²) in [6.07, 6.45) is 1.24. The van der Waals surface area contributed by atoms with E-state index in [1.807, 2.05) is 31.3 Å². The number of nitrogens with two attached hydrogens (primary N) is 1. The third-order valence-corrected chi connectivity index (χ3v) is 3.41. The maximum Gasteiger partial charge on any atom is 0.124 e. The highest BCUT2D eigenvalue weighted by Crippen LogP contribution is 2.26. The number of anilines is 1. The molecule has 2 rings (SSSR count). The molecule has 0 bridgehead atoms. The van der Waals surface area contributed by atoms with Crippen molar-refractivity contribution in [3.8, 4) is 0 Å². The van der Waals surface area contributed by atoms with Gasteiger partial charge in [-0.2, -0.15) is 0 Å². The number of likely N-dealkylation sites (N-methyl/N-ethyl adjacent to an activating group) is 1. The summed E-state index contributed by atoms with van der Waals surface area (Å²) in [7, 11) is 2.04. The van der Waals surface area contributed by atoms with Crippen molar-refractivity contribution < 1.29 is 4.74 Å². The molecule has 3 N–H and O–H groups in total. The third-order valence-electron chi connectivity index (χ3n) is 3.41. The van der Waals surface area contributed by atoms with Gasteiger partial charge in [0.1, 0.15) is 5.84 Å². The van der Waals surface area contributed by atoms with Crippen LogP contribution < -0.4 is 10.6 Å². The predicted molar refractivity (Wildman–Crippen MR) is 69.7 cm³/mol. The summed E-state index contributed by atoms with van der Waals surface area (Å²) >= 11 is 0. The van der Waals surface area contributed by atoms with Gasteiger partial charge >= 0.3 is 0 Å². The van der Waals surface area contributed by atoms with Gasteiger partial charge in [-0.1, -0.05) is 12.1 Å². The fourth-order valence-electron chi connectivity index (χ4n) is 2.42. The van der Waals surface area contributed by atoms with Crippen LogP contribution in [0, 0.1) is 5.41 Å². The second-order valence-electron chi connectivity index (χ2n) is 4.47. The average Bonchev–Trinajstić information content (AvgIpc) is 2.74. The highest BCUT2D eigenvalue weighted by atomic mass is 16.5. The molecule has 1 aliphatic rings. The van der Waals surface area contributed by atoms with E-state index in [1.165, 1.54) is 0 Å². The minimum atomic E-state index is 0.110. The van der Waals surface area contributed by atoms with Crippen molar-refractivity contribution in [2.75, 3.05) is 18.6 Å². The van der Waals surface area contributed by atoms with Gasteiger partial charge in [0, 0.05) is 24.9 Å². The molecular formula is C13H19N3O. The first-order chi connectivity index (χ1) is 8.11. The SMILES string of the molecule is CC1OCCC1N(C)c1ccccc1C(=N)N. The van der Waals surface area contributed by atoms with Crippen molar-refractivity contribution >= 4 is 11.5 Å². The van der Waals surface area contributed by atoms with E-state index < -0.39 is 0 Å². The zero-order valence-corrected chi connectivity index (χ0v) is 10.3. The summed E-state index contributed by atoms with van der Waals surface area (Å²) in [5, 5.41) is 7.61. The molecule has 0 radical (unpaired) electrons. The van der Waals surface area contributed by atoms with Crippen LogP contribution in [-0.2, 0) is 4.74 Å². The van der Waals surface area contributed by atoms with Gasteiger partial charge in [0.15, 0.2) is 0 Å². The lowest BCUT2D eigenvalue weighted by atomic mass is 10.1. The molecule has 1 fully saturated rings. The Morgan fingerprint density at radius 2 is 2.18 bits per heavy atom. The number of para-hydroxylation sites is 1. The Morgan fingerprint density at radius 3 is 2.76 bits per heavy atom. The topological polar surface area (TPSA) is 62.3 Å². The first kappa shape index (κ1) is 11.9. The number of nitrogen functional groups attached to an aromatic ring is 1. The quantitative estimate of drug-likeness (QED) is 0.615. The van der Waals surface area contributed by atoms with E-state index in [-0.39, 0.29) is 11.9 Å². The van der Waals surface area contributed by atoms with Gasteiger partial charge in [0.2, 0.25) is 0 Å². The molecule has 2 unspecified atom stereocenters. The average molecular weight is 233 g/mol. The first-order valence-corrected chi connectivity index (χ1v) is 5.89. The highest BCUT2D eigenvalue weighted by molar-refractivity contribution is 6.00. The number of ether oxygens (including phenoxy) is 1. The van der Waals surface area contributed by atoms with Crippen molar-refractivity contribution in [2.45, 2.75) is 25.5 Å². The number of rotatable bonds is 3. The summed E-state index contributed by atoms with van der Waals surface area (Å²) in [4.78, 5) is 2.17. The van der Waals surface area contributed by atoms with Crippen LogP contribution in [-0.4, -0.2) is 31.6 Å². The Balaban J connectivity index is 2.30. The number of benzene rings is 1. The summed E-state index contributed by atoms with van der Waals surface area (Å²) < 4.78 is 5.58. The molecule has 17 heavy (non-hydrogen) atoms. The molecule has 0 saturated carbocycles. The van der Waals surface area contributed by atoms with Gasteiger partial charge in [0.05, 0.1) is 12.1 Å². The van der Waals surface area contributed by atoms with Crippen molar-refractivity contribution in [2.24, 2.45) is 5.73 Å². The van der Waals surface area contributed by atoms with Crippen molar-refractivity contribution in [3.05, 3.63) is 29.8 Å². The van der Waals surface area contributed by atoms with Crippen LogP contribution in [0.4, 0.5) is 5.69 Å². The van der Waals surface area contributed by atoms with Crippen LogP contribution in [0.25, 0.3) is 0 Å². The number of nitrogens with zero attached hydrogens (tertiary/aromatic N) is 1. The van der Waals surface area contributed by atoms with Crippen molar-refractivity contribution in [1.29, 1.82) is 5.41 Å². The van der Waals surface area contributed by atoms with E-state index in [9.17, 15) is 0 Å². The zero-order chi connectivity index (χ0) is 12.4. The third kappa shape index (κ3) is 2.26. The molecule has 4 nitrogen and oxygen atoms in total. The maximum atomic E-state index is 7.61. The second-order valence-corrected chi connectivity index (χ2v) is 4.47. The molecule has 1 aromatic carbocycles. The summed E-state index contributed by atoms with van der Waals surface area (Å²) in [6.45, 7) is 2.89. The largest absolute Gasteiger partial charge is 0.384 e. The number of nitrogens with one attached hydrogen (secondary N) is 1. The Labute approximate surface area is 102 Å².